The molecular formula is C13H16O. The Morgan fingerprint density at radius 1 is 1.21 bits per heavy atom. The van der Waals surface area contributed by atoms with Crippen molar-refractivity contribution in [3.8, 4) is 0 Å². The van der Waals surface area contributed by atoms with Gasteiger partial charge in [0.05, 0.1) is 0 Å². The molecule has 0 spiro atoms. The molecule has 0 heterocycles. The maximum absolute atomic E-state index is 11.3. The fraction of sp³-hybridized carbons (Fsp3) is 0.308. The number of carbonyl (C=O) groups excluding carboxylic acids is 1. The molecule has 0 aromatic heterocycles. The van der Waals surface area contributed by atoms with Crippen LogP contribution in [0.3, 0.4) is 0 Å². The molecular weight excluding hydrogens is 172 g/mol. The van der Waals surface area contributed by atoms with E-state index in [0.29, 0.717) is 0 Å². The molecule has 1 nitrogen and oxygen atoms in total. The summed E-state index contributed by atoms with van der Waals surface area (Å²) in [4.78, 5) is 11.3. The van der Waals surface area contributed by atoms with Crippen LogP contribution < -0.4 is 0 Å². The number of benzene rings is 1. The minimum Gasteiger partial charge on any atom is -0.295 e. The zero-order valence-corrected chi connectivity index (χ0v) is 8.95. The molecule has 74 valence electrons. The Hall–Kier alpha value is -1.37. The highest BCUT2D eigenvalue weighted by Crippen LogP contribution is 2.06. The van der Waals surface area contributed by atoms with Gasteiger partial charge in [0.25, 0.3) is 0 Å². The van der Waals surface area contributed by atoms with Gasteiger partial charge in [0, 0.05) is 5.92 Å². The summed E-state index contributed by atoms with van der Waals surface area (Å²) in [6.07, 6.45) is 3.51. The van der Waals surface area contributed by atoms with Crippen molar-refractivity contribution < 1.29 is 4.79 Å². The van der Waals surface area contributed by atoms with Crippen LogP contribution in [0.2, 0.25) is 0 Å². The third kappa shape index (κ3) is 3.17. The number of aryl methyl sites for hydroxylation is 1. The second-order valence-corrected chi connectivity index (χ2v) is 3.80. The number of hydrogen-bond acceptors (Lipinski definition) is 1. The van der Waals surface area contributed by atoms with Gasteiger partial charge in [-0.15, -0.1) is 0 Å². The molecule has 1 heteroatoms. The van der Waals surface area contributed by atoms with Crippen LogP contribution in [0.4, 0.5) is 0 Å². The van der Waals surface area contributed by atoms with Crippen LogP contribution >= 0.6 is 0 Å². The van der Waals surface area contributed by atoms with E-state index in [1.807, 2.05) is 51.1 Å². The number of carbonyl (C=O) groups is 1. The van der Waals surface area contributed by atoms with E-state index < -0.39 is 0 Å². The standard InChI is InChI=1S/C13H16O/c1-10(2)13(14)9-8-12-6-4-11(3)5-7-12/h4-10H,1-3H3/b9-8-. The monoisotopic (exact) mass is 188 g/mol. The average Bonchev–Trinajstić information content (AvgIpc) is 2.16. The van der Waals surface area contributed by atoms with Crippen molar-refractivity contribution in [1.29, 1.82) is 0 Å². The van der Waals surface area contributed by atoms with Gasteiger partial charge in [-0.1, -0.05) is 49.8 Å². The second-order valence-electron chi connectivity index (χ2n) is 3.80. The molecule has 14 heavy (non-hydrogen) atoms. The van der Waals surface area contributed by atoms with Crippen molar-refractivity contribution in [1.82, 2.24) is 0 Å². The molecule has 0 radical (unpaired) electrons. The zero-order chi connectivity index (χ0) is 10.6. The average molecular weight is 188 g/mol. The van der Waals surface area contributed by atoms with Crippen LogP contribution in [0.1, 0.15) is 25.0 Å². The lowest BCUT2D eigenvalue weighted by molar-refractivity contribution is -0.117. The molecule has 0 unspecified atom stereocenters. The molecule has 1 aromatic carbocycles. The third-order valence-electron chi connectivity index (χ3n) is 2.09. The van der Waals surface area contributed by atoms with Crippen LogP contribution in [0, 0.1) is 12.8 Å². The fourth-order valence-corrected chi connectivity index (χ4v) is 1.05. The van der Waals surface area contributed by atoms with Gasteiger partial charge >= 0.3 is 0 Å². The fourth-order valence-electron chi connectivity index (χ4n) is 1.05. The van der Waals surface area contributed by atoms with Gasteiger partial charge in [-0.2, -0.15) is 0 Å². The summed E-state index contributed by atoms with van der Waals surface area (Å²) in [6, 6.07) is 8.11. The minimum absolute atomic E-state index is 0.0803. The first-order valence-corrected chi connectivity index (χ1v) is 4.88. The molecule has 0 fully saturated rings. The Kier molecular flexibility index (Phi) is 3.63. The number of hydrogen-bond donors (Lipinski definition) is 0. The van der Waals surface area contributed by atoms with E-state index in [1.54, 1.807) is 6.08 Å². The molecule has 0 aliphatic heterocycles. The third-order valence-corrected chi connectivity index (χ3v) is 2.09. The summed E-state index contributed by atoms with van der Waals surface area (Å²) < 4.78 is 0. The minimum atomic E-state index is 0.0803. The normalized spacial score (nSPS) is 11.1. The van der Waals surface area contributed by atoms with E-state index >= 15 is 0 Å². The highest BCUT2D eigenvalue weighted by Gasteiger charge is 2.00. The van der Waals surface area contributed by atoms with Gasteiger partial charge in [-0.05, 0) is 18.6 Å². The SMILES string of the molecule is Cc1ccc(/C=C\C(=O)C(C)C)cc1. The van der Waals surface area contributed by atoms with Crippen LogP contribution in [0.5, 0.6) is 0 Å². The molecule has 0 aliphatic rings. The Balaban J connectivity index is 2.69. The van der Waals surface area contributed by atoms with E-state index in [2.05, 4.69) is 0 Å². The predicted octanol–water partition coefficient (Wildman–Crippen LogP) is 3.23. The lowest BCUT2D eigenvalue weighted by Crippen LogP contribution is -2.01. The molecule has 1 aromatic rings. The van der Waals surface area contributed by atoms with Crippen molar-refractivity contribution in [2.45, 2.75) is 20.8 Å². The summed E-state index contributed by atoms with van der Waals surface area (Å²) in [6.45, 7) is 5.86. The van der Waals surface area contributed by atoms with Crippen molar-refractivity contribution in [3.05, 3.63) is 41.5 Å². The highest BCUT2D eigenvalue weighted by atomic mass is 16.1. The Morgan fingerprint density at radius 2 is 1.79 bits per heavy atom. The van der Waals surface area contributed by atoms with Crippen LogP contribution in [0.25, 0.3) is 6.08 Å². The molecule has 0 atom stereocenters. The van der Waals surface area contributed by atoms with Crippen LogP contribution in [-0.2, 0) is 4.79 Å². The maximum Gasteiger partial charge on any atom is 0.158 e. The lowest BCUT2D eigenvalue weighted by Gasteiger charge is -1.97. The van der Waals surface area contributed by atoms with Crippen molar-refractivity contribution in [3.63, 3.8) is 0 Å². The predicted molar refractivity (Wildman–Crippen MR) is 60.1 cm³/mol. The summed E-state index contributed by atoms with van der Waals surface area (Å²) in [7, 11) is 0. The van der Waals surface area contributed by atoms with Gasteiger partial charge in [0.2, 0.25) is 0 Å². The summed E-state index contributed by atoms with van der Waals surface area (Å²) in [5.74, 6) is 0.252. The highest BCUT2D eigenvalue weighted by molar-refractivity contribution is 5.94. The van der Waals surface area contributed by atoms with Gasteiger partial charge in [-0.25, -0.2) is 0 Å². The summed E-state index contributed by atoms with van der Waals surface area (Å²) in [5.41, 5.74) is 2.31. The summed E-state index contributed by atoms with van der Waals surface area (Å²) in [5, 5.41) is 0. The number of ketones is 1. The molecule has 0 bridgehead atoms. The maximum atomic E-state index is 11.3. The Bertz CT molecular complexity index is 331. The zero-order valence-electron chi connectivity index (χ0n) is 8.95. The second kappa shape index (κ2) is 4.75. The molecule has 0 amide bonds. The largest absolute Gasteiger partial charge is 0.295 e. The molecule has 0 saturated heterocycles. The molecule has 0 aliphatic carbocycles. The van der Waals surface area contributed by atoms with Gasteiger partial charge in [0.1, 0.15) is 0 Å². The number of rotatable bonds is 3. The molecule has 0 N–H and O–H groups in total. The van der Waals surface area contributed by atoms with E-state index in [-0.39, 0.29) is 11.7 Å². The smallest absolute Gasteiger partial charge is 0.158 e. The van der Waals surface area contributed by atoms with E-state index in [9.17, 15) is 4.79 Å². The van der Waals surface area contributed by atoms with Crippen molar-refractivity contribution in [2.75, 3.05) is 0 Å². The molecule has 1 rings (SSSR count). The quantitative estimate of drug-likeness (QED) is 0.665. The molecule has 0 saturated carbocycles. The van der Waals surface area contributed by atoms with Crippen LogP contribution in [-0.4, -0.2) is 5.78 Å². The number of allylic oxidation sites excluding steroid dienone is 1. The van der Waals surface area contributed by atoms with E-state index in [4.69, 9.17) is 0 Å². The Labute approximate surface area is 85.5 Å². The van der Waals surface area contributed by atoms with E-state index in [1.165, 1.54) is 5.56 Å². The lowest BCUT2D eigenvalue weighted by atomic mass is 10.1. The van der Waals surface area contributed by atoms with Crippen molar-refractivity contribution >= 4 is 11.9 Å². The van der Waals surface area contributed by atoms with Gasteiger partial charge in [-0.3, -0.25) is 4.79 Å². The topological polar surface area (TPSA) is 17.1 Å². The first-order valence-electron chi connectivity index (χ1n) is 4.88. The first-order chi connectivity index (χ1) is 6.59. The van der Waals surface area contributed by atoms with Crippen molar-refractivity contribution in [2.24, 2.45) is 5.92 Å². The van der Waals surface area contributed by atoms with Gasteiger partial charge < -0.3 is 0 Å². The Morgan fingerprint density at radius 3 is 2.29 bits per heavy atom. The first kappa shape index (κ1) is 10.7. The summed E-state index contributed by atoms with van der Waals surface area (Å²) >= 11 is 0. The van der Waals surface area contributed by atoms with E-state index in [0.717, 1.165) is 5.56 Å². The van der Waals surface area contributed by atoms with Gasteiger partial charge in [0.15, 0.2) is 5.78 Å². The van der Waals surface area contributed by atoms with Crippen LogP contribution in [0.15, 0.2) is 30.3 Å².